The van der Waals surface area contributed by atoms with Gasteiger partial charge in [-0.15, -0.1) is 0 Å². The molecule has 1 atom stereocenters. The average molecular weight is 221 g/mol. The SMILES string of the molecule is COC(=O)c1cccc(OC2CCNC2)c1. The second-order valence-corrected chi connectivity index (χ2v) is 3.75. The van der Waals surface area contributed by atoms with Gasteiger partial charge >= 0.3 is 5.97 Å². The lowest BCUT2D eigenvalue weighted by atomic mass is 10.2. The van der Waals surface area contributed by atoms with Crippen LogP contribution in [0.1, 0.15) is 16.8 Å². The maximum absolute atomic E-state index is 11.3. The summed E-state index contributed by atoms with van der Waals surface area (Å²) in [5.41, 5.74) is 0.519. The lowest BCUT2D eigenvalue weighted by Gasteiger charge is -2.12. The van der Waals surface area contributed by atoms with E-state index in [1.807, 2.05) is 6.07 Å². The molecule has 0 spiro atoms. The van der Waals surface area contributed by atoms with Crippen molar-refractivity contribution in [3.05, 3.63) is 29.8 Å². The van der Waals surface area contributed by atoms with E-state index in [4.69, 9.17) is 4.74 Å². The molecule has 0 amide bonds. The molecule has 0 aliphatic carbocycles. The monoisotopic (exact) mass is 221 g/mol. The highest BCUT2D eigenvalue weighted by atomic mass is 16.5. The molecule has 4 nitrogen and oxygen atoms in total. The van der Waals surface area contributed by atoms with Crippen LogP contribution in [0.15, 0.2) is 24.3 Å². The molecule has 1 aliphatic rings. The third-order valence-electron chi connectivity index (χ3n) is 2.57. The largest absolute Gasteiger partial charge is 0.489 e. The number of nitrogens with one attached hydrogen (secondary N) is 1. The van der Waals surface area contributed by atoms with E-state index in [0.29, 0.717) is 5.56 Å². The number of methoxy groups -OCH3 is 1. The third kappa shape index (κ3) is 2.52. The van der Waals surface area contributed by atoms with Gasteiger partial charge in [0.15, 0.2) is 0 Å². The molecule has 0 aromatic heterocycles. The molecule has 1 aromatic rings. The van der Waals surface area contributed by atoms with E-state index in [1.165, 1.54) is 7.11 Å². The lowest BCUT2D eigenvalue weighted by Crippen LogP contribution is -2.19. The fraction of sp³-hybridized carbons (Fsp3) is 0.417. The molecule has 2 rings (SSSR count). The first-order valence-electron chi connectivity index (χ1n) is 5.35. The van der Waals surface area contributed by atoms with Crippen molar-refractivity contribution in [2.45, 2.75) is 12.5 Å². The molecule has 4 heteroatoms. The summed E-state index contributed by atoms with van der Waals surface area (Å²) >= 11 is 0. The van der Waals surface area contributed by atoms with Crippen molar-refractivity contribution in [3.8, 4) is 5.75 Å². The quantitative estimate of drug-likeness (QED) is 0.779. The van der Waals surface area contributed by atoms with Gasteiger partial charge in [-0.1, -0.05) is 6.07 Å². The lowest BCUT2D eigenvalue weighted by molar-refractivity contribution is 0.0600. The van der Waals surface area contributed by atoms with Crippen LogP contribution in [0.2, 0.25) is 0 Å². The van der Waals surface area contributed by atoms with Crippen LogP contribution in [-0.4, -0.2) is 32.3 Å². The molecule has 1 saturated heterocycles. The van der Waals surface area contributed by atoms with Crippen molar-refractivity contribution >= 4 is 5.97 Å². The van der Waals surface area contributed by atoms with Crippen LogP contribution in [-0.2, 0) is 4.74 Å². The molecule has 86 valence electrons. The van der Waals surface area contributed by atoms with Crippen molar-refractivity contribution in [1.82, 2.24) is 5.32 Å². The first kappa shape index (κ1) is 11.0. The Kier molecular flexibility index (Phi) is 3.41. The van der Waals surface area contributed by atoms with Crippen LogP contribution in [0.3, 0.4) is 0 Å². The highest BCUT2D eigenvalue weighted by Gasteiger charge is 2.16. The van der Waals surface area contributed by atoms with Gasteiger partial charge in [0.05, 0.1) is 12.7 Å². The second kappa shape index (κ2) is 4.99. The third-order valence-corrected chi connectivity index (χ3v) is 2.57. The minimum Gasteiger partial charge on any atom is -0.489 e. The number of hydrogen-bond acceptors (Lipinski definition) is 4. The molecule has 1 aliphatic heterocycles. The summed E-state index contributed by atoms with van der Waals surface area (Å²) in [6, 6.07) is 7.07. The number of ether oxygens (including phenoxy) is 2. The fourth-order valence-corrected chi connectivity index (χ4v) is 1.74. The first-order valence-corrected chi connectivity index (χ1v) is 5.35. The average Bonchev–Trinajstić information content (AvgIpc) is 2.81. The summed E-state index contributed by atoms with van der Waals surface area (Å²) < 4.78 is 10.4. The van der Waals surface area contributed by atoms with Gasteiger partial charge in [0, 0.05) is 6.54 Å². The normalized spacial score (nSPS) is 19.4. The van der Waals surface area contributed by atoms with Crippen LogP contribution in [0.25, 0.3) is 0 Å². The van der Waals surface area contributed by atoms with Crippen molar-refractivity contribution < 1.29 is 14.3 Å². The number of hydrogen-bond donors (Lipinski definition) is 1. The fourth-order valence-electron chi connectivity index (χ4n) is 1.74. The first-order chi connectivity index (χ1) is 7.79. The minimum absolute atomic E-state index is 0.202. The Labute approximate surface area is 94.6 Å². The van der Waals surface area contributed by atoms with Crippen molar-refractivity contribution in [3.63, 3.8) is 0 Å². The topological polar surface area (TPSA) is 47.6 Å². The van der Waals surface area contributed by atoms with Gasteiger partial charge in [-0.25, -0.2) is 4.79 Å². The van der Waals surface area contributed by atoms with Crippen LogP contribution in [0.4, 0.5) is 0 Å². The number of carbonyl (C=O) groups excluding carboxylic acids is 1. The van der Waals surface area contributed by atoms with E-state index in [2.05, 4.69) is 10.1 Å². The summed E-state index contributed by atoms with van der Waals surface area (Å²) in [7, 11) is 1.37. The zero-order valence-electron chi connectivity index (χ0n) is 9.23. The maximum Gasteiger partial charge on any atom is 0.337 e. The van der Waals surface area contributed by atoms with Crippen LogP contribution >= 0.6 is 0 Å². The molecule has 1 heterocycles. The Hall–Kier alpha value is -1.55. The summed E-state index contributed by atoms with van der Waals surface area (Å²) in [6.07, 6.45) is 1.20. The molecule has 1 aromatic carbocycles. The van der Waals surface area contributed by atoms with E-state index in [-0.39, 0.29) is 12.1 Å². The van der Waals surface area contributed by atoms with Gasteiger partial charge in [-0.2, -0.15) is 0 Å². The van der Waals surface area contributed by atoms with Crippen molar-refractivity contribution in [2.75, 3.05) is 20.2 Å². The van der Waals surface area contributed by atoms with Gasteiger partial charge < -0.3 is 14.8 Å². The Bertz CT molecular complexity index is 372. The highest BCUT2D eigenvalue weighted by Crippen LogP contribution is 2.17. The summed E-state index contributed by atoms with van der Waals surface area (Å²) in [5.74, 6) is 0.381. The molecule has 1 fully saturated rings. The maximum atomic E-state index is 11.3. The second-order valence-electron chi connectivity index (χ2n) is 3.75. The van der Waals surface area contributed by atoms with Crippen LogP contribution in [0.5, 0.6) is 5.75 Å². The van der Waals surface area contributed by atoms with Gasteiger partial charge in [0.1, 0.15) is 11.9 Å². The van der Waals surface area contributed by atoms with E-state index >= 15 is 0 Å². The van der Waals surface area contributed by atoms with E-state index in [1.54, 1.807) is 18.2 Å². The van der Waals surface area contributed by atoms with Gasteiger partial charge in [-0.05, 0) is 31.2 Å². The highest BCUT2D eigenvalue weighted by molar-refractivity contribution is 5.89. The van der Waals surface area contributed by atoms with Gasteiger partial charge in [0.25, 0.3) is 0 Å². The number of esters is 1. The molecular weight excluding hydrogens is 206 g/mol. The van der Waals surface area contributed by atoms with E-state index in [0.717, 1.165) is 25.3 Å². The molecule has 16 heavy (non-hydrogen) atoms. The number of carbonyl (C=O) groups is 1. The number of benzene rings is 1. The Morgan fingerprint density at radius 1 is 1.50 bits per heavy atom. The minimum atomic E-state index is -0.338. The van der Waals surface area contributed by atoms with Crippen LogP contribution < -0.4 is 10.1 Å². The summed E-state index contributed by atoms with van der Waals surface area (Å²) in [5, 5.41) is 3.22. The molecular formula is C12H15NO3. The van der Waals surface area contributed by atoms with Gasteiger partial charge in [0.2, 0.25) is 0 Å². The van der Waals surface area contributed by atoms with Gasteiger partial charge in [-0.3, -0.25) is 0 Å². The molecule has 1 N–H and O–H groups in total. The van der Waals surface area contributed by atoms with Crippen molar-refractivity contribution in [1.29, 1.82) is 0 Å². The van der Waals surface area contributed by atoms with Crippen molar-refractivity contribution in [2.24, 2.45) is 0 Å². The number of rotatable bonds is 3. The standard InChI is InChI=1S/C12H15NO3/c1-15-12(14)9-3-2-4-10(7-9)16-11-5-6-13-8-11/h2-4,7,11,13H,5-6,8H2,1H3. The molecule has 0 bridgehead atoms. The summed E-state index contributed by atoms with van der Waals surface area (Å²) in [6.45, 7) is 1.85. The van der Waals surface area contributed by atoms with E-state index < -0.39 is 0 Å². The van der Waals surface area contributed by atoms with Crippen LogP contribution in [0, 0.1) is 0 Å². The molecule has 1 unspecified atom stereocenters. The predicted molar refractivity (Wildman–Crippen MR) is 59.7 cm³/mol. The predicted octanol–water partition coefficient (Wildman–Crippen LogP) is 1.21. The molecule has 0 radical (unpaired) electrons. The summed E-state index contributed by atoms with van der Waals surface area (Å²) in [4.78, 5) is 11.3. The van der Waals surface area contributed by atoms with E-state index in [9.17, 15) is 4.79 Å². The Morgan fingerprint density at radius 3 is 3.06 bits per heavy atom. The zero-order valence-corrected chi connectivity index (χ0v) is 9.23. The smallest absolute Gasteiger partial charge is 0.337 e. The zero-order chi connectivity index (χ0) is 11.4. The molecule has 0 saturated carbocycles. The Balaban J connectivity index is 2.06. The Morgan fingerprint density at radius 2 is 2.38 bits per heavy atom.